The zero-order valence-electron chi connectivity index (χ0n) is 11.4. The van der Waals surface area contributed by atoms with E-state index >= 15 is 0 Å². The molecule has 1 saturated heterocycles. The van der Waals surface area contributed by atoms with Crippen LogP contribution in [0.2, 0.25) is 0 Å². The molecule has 0 aromatic carbocycles. The number of primary amides is 1. The van der Waals surface area contributed by atoms with Gasteiger partial charge in [-0.2, -0.15) is 0 Å². The van der Waals surface area contributed by atoms with Crippen molar-refractivity contribution in [3.05, 3.63) is 0 Å². The summed E-state index contributed by atoms with van der Waals surface area (Å²) < 4.78 is 5.61. The highest BCUT2D eigenvalue weighted by molar-refractivity contribution is 5.84. The number of carbonyl (C=O) groups excluding carboxylic acids is 1. The minimum absolute atomic E-state index is 0.182. The second kappa shape index (κ2) is 6.02. The van der Waals surface area contributed by atoms with Crippen LogP contribution in [-0.2, 0) is 9.53 Å². The van der Waals surface area contributed by atoms with Crippen molar-refractivity contribution in [1.29, 1.82) is 0 Å². The monoisotopic (exact) mass is 254 g/mol. The molecule has 1 aliphatic heterocycles. The standard InChI is InChI=1S/C14H26N2O2/c1-2-11-5-3-7-14(9-11,13(15)17)16-10-12-6-4-8-18-12/h11-12,16H,2-10H2,1H3,(H2,15,17). The number of rotatable bonds is 5. The van der Waals surface area contributed by atoms with E-state index in [1.807, 2.05) is 0 Å². The van der Waals surface area contributed by atoms with Crippen molar-refractivity contribution >= 4 is 5.91 Å². The maximum absolute atomic E-state index is 11.9. The van der Waals surface area contributed by atoms with Crippen molar-refractivity contribution in [1.82, 2.24) is 5.32 Å². The average molecular weight is 254 g/mol. The van der Waals surface area contributed by atoms with Crippen LogP contribution >= 0.6 is 0 Å². The van der Waals surface area contributed by atoms with Crippen LogP contribution < -0.4 is 11.1 Å². The molecule has 0 radical (unpaired) electrons. The Morgan fingerprint density at radius 2 is 2.28 bits per heavy atom. The third kappa shape index (κ3) is 3.04. The summed E-state index contributed by atoms with van der Waals surface area (Å²) in [7, 11) is 0. The van der Waals surface area contributed by atoms with Crippen LogP contribution in [0, 0.1) is 5.92 Å². The van der Waals surface area contributed by atoms with Gasteiger partial charge >= 0.3 is 0 Å². The summed E-state index contributed by atoms with van der Waals surface area (Å²) in [6.07, 6.45) is 7.73. The fourth-order valence-corrected chi connectivity index (χ4v) is 3.32. The van der Waals surface area contributed by atoms with Gasteiger partial charge < -0.3 is 15.8 Å². The molecule has 0 aromatic rings. The molecule has 4 nitrogen and oxygen atoms in total. The van der Waals surface area contributed by atoms with Gasteiger partial charge in [0.15, 0.2) is 0 Å². The maximum atomic E-state index is 11.9. The van der Waals surface area contributed by atoms with Crippen molar-refractivity contribution in [2.75, 3.05) is 13.2 Å². The minimum Gasteiger partial charge on any atom is -0.377 e. The number of hydrogen-bond acceptors (Lipinski definition) is 3. The molecule has 1 saturated carbocycles. The Hall–Kier alpha value is -0.610. The van der Waals surface area contributed by atoms with Crippen molar-refractivity contribution < 1.29 is 9.53 Å². The van der Waals surface area contributed by atoms with Gasteiger partial charge in [0, 0.05) is 13.2 Å². The topological polar surface area (TPSA) is 64.3 Å². The molecular weight excluding hydrogens is 228 g/mol. The Labute approximate surface area is 110 Å². The summed E-state index contributed by atoms with van der Waals surface area (Å²) >= 11 is 0. The Morgan fingerprint density at radius 3 is 2.89 bits per heavy atom. The smallest absolute Gasteiger partial charge is 0.237 e. The van der Waals surface area contributed by atoms with Crippen molar-refractivity contribution in [2.24, 2.45) is 11.7 Å². The molecule has 3 atom stereocenters. The second-order valence-corrected chi connectivity index (χ2v) is 5.83. The van der Waals surface area contributed by atoms with Gasteiger partial charge in [-0.15, -0.1) is 0 Å². The molecular formula is C14H26N2O2. The Morgan fingerprint density at radius 1 is 1.44 bits per heavy atom. The normalized spacial score (nSPS) is 36.7. The summed E-state index contributed by atoms with van der Waals surface area (Å²) in [4.78, 5) is 11.9. The molecule has 0 bridgehead atoms. The molecule has 1 heterocycles. The Balaban J connectivity index is 1.94. The highest BCUT2D eigenvalue weighted by atomic mass is 16.5. The molecule has 1 aliphatic carbocycles. The summed E-state index contributed by atoms with van der Waals surface area (Å²) in [5.74, 6) is 0.446. The third-order valence-corrected chi connectivity index (χ3v) is 4.59. The molecule has 2 aliphatic rings. The Kier molecular flexibility index (Phi) is 4.62. The van der Waals surface area contributed by atoms with E-state index in [-0.39, 0.29) is 12.0 Å². The SMILES string of the molecule is CCC1CCCC(NCC2CCCO2)(C(N)=O)C1. The predicted octanol–water partition coefficient (Wildman–Crippen LogP) is 1.58. The number of amides is 1. The van der Waals surface area contributed by atoms with Gasteiger partial charge in [-0.25, -0.2) is 0 Å². The first-order valence-electron chi connectivity index (χ1n) is 7.33. The lowest BCUT2D eigenvalue weighted by atomic mass is 9.74. The van der Waals surface area contributed by atoms with Gasteiger partial charge in [0.25, 0.3) is 0 Å². The molecule has 3 unspecified atom stereocenters. The van der Waals surface area contributed by atoms with E-state index in [1.165, 1.54) is 6.42 Å². The lowest BCUT2D eigenvalue weighted by molar-refractivity contribution is -0.126. The van der Waals surface area contributed by atoms with Gasteiger partial charge in [0.2, 0.25) is 5.91 Å². The number of carbonyl (C=O) groups is 1. The van der Waals surface area contributed by atoms with Crippen LogP contribution in [-0.4, -0.2) is 30.7 Å². The lowest BCUT2D eigenvalue weighted by Gasteiger charge is -2.39. The van der Waals surface area contributed by atoms with E-state index in [1.54, 1.807) is 0 Å². The van der Waals surface area contributed by atoms with E-state index < -0.39 is 5.54 Å². The highest BCUT2D eigenvalue weighted by Crippen LogP contribution is 2.34. The van der Waals surface area contributed by atoms with Crippen LogP contribution in [0.25, 0.3) is 0 Å². The van der Waals surface area contributed by atoms with Gasteiger partial charge in [0.05, 0.1) is 11.6 Å². The van der Waals surface area contributed by atoms with Crippen LogP contribution in [0.5, 0.6) is 0 Å². The average Bonchev–Trinajstić information content (AvgIpc) is 2.89. The highest BCUT2D eigenvalue weighted by Gasteiger charge is 2.41. The zero-order chi connectivity index (χ0) is 13.0. The Bertz CT molecular complexity index is 290. The van der Waals surface area contributed by atoms with Crippen LogP contribution in [0.15, 0.2) is 0 Å². The lowest BCUT2D eigenvalue weighted by Crippen LogP contribution is -2.59. The fourth-order valence-electron chi connectivity index (χ4n) is 3.32. The van der Waals surface area contributed by atoms with Crippen LogP contribution in [0.1, 0.15) is 51.9 Å². The zero-order valence-corrected chi connectivity index (χ0v) is 11.4. The number of ether oxygens (including phenoxy) is 1. The molecule has 18 heavy (non-hydrogen) atoms. The quantitative estimate of drug-likeness (QED) is 0.783. The van der Waals surface area contributed by atoms with Crippen molar-refractivity contribution in [3.8, 4) is 0 Å². The minimum atomic E-state index is -0.481. The maximum Gasteiger partial charge on any atom is 0.237 e. The summed E-state index contributed by atoms with van der Waals surface area (Å²) in [5.41, 5.74) is 5.18. The van der Waals surface area contributed by atoms with E-state index in [9.17, 15) is 4.79 Å². The van der Waals surface area contributed by atoms with Crippen molar-refractivity contribution in [3.63, 3.8) is 0 Å². The largest absolute Gasteiger partial charge is 0.377 e. The molecule has 1 amide bonds. The number of nitrogens with one attached hydrogen (secondary N) is 1. The summed E-state index contributed by atoms with van der Waals surface area (Å²) in [6, 6.07) is 0. The van der Waals surface area contributed by atoms with E-state index in [2.05, 4.69) is 12.2 Å². The molecule has 0 spiro atoms. The second-order valence-electron chi connectivity index (χ2n) is 5.83. The molecule has 4 heteroatoms. The van der Waals surface area contributed by atoms with Gasteiger partial charge in [-0.1, -0.05) is 26.2 Å². The van der Waals surface area contributed by atoms with E-state index in [0.29, 0.717) is 5.92 Å². The first kappa shape index (κ1) is 13.8. The first-order valence-corrected chi connectivity index (χ1v) is 7.33. The number of hydrogen-bond donors (Lipinski definition) is 2. The summed E-state index contributed by atoms with van der Waals surface area (Å²) in [6.45, 7) is 3.81. The third-order valence-electron chi connectivity index (χ3n) is 4.59. The van der Waals surface area contributed by atoms with Gasteiger partial charge in [0.1, 0.15) is 0 Å². The van der Waals surface area contributed by atoms with Crippen LogP contribution in [0.4, 0.5) is 0 Å². The van der Waals surface area contributed by atoms with E-state index in [0.717, 1.165) is 51.7 Å². The predicted molar refractivity (Wildman–Crippen MR) is 71.2 cm³/mol. The van der Waals surface area contributed by atoms with Gasteiger partial charge in [-0.05, 0) is 31.6 Å². The molecule has 104 valence electrons. The van der Waals surface area contributed by atoms with Crippen LogP contribution in [0.3, 0.4) is 0 Å². The van der Waals surface area contributed by atoms with Gasteiger partial charge in [-0.3, -0.25) is 4.79 Å². The first-order chi connectivity index (χ1) is 8.66. The summed E-state index contributed by atoms with van der Waals surface area (Å²) in [5, 5.41) is 3.44. The number of nitrogens with two attached hydrogens (primary N) is 1. The fraction of sp³-hybridized carbons (Fsp3) is 0.929. The molecule has 0 aromatic heterocycles. The van der Waals surface area contributed by atoms with E-state index in [4.69, 9.17) is 10.5 Å². The molecule has 2 rings (SSSR count). The molecule has 3 N–H and O–H groups in total. The molecule has 2 fully saturated rings. The van der Waals surface area contributed by atoms with Crippen molar-refractivity contribution in [2.45, 2.75) is 63.5 Å².